The van der Waals surface area contributed by atoms with Crippen molar-refractivity contribution in [1.29, 1.82) is 0 Å². The van der Waals surface area contributed by atoms with Gasteiger partial charge in [-0.15, -0.1) is 0 Å². The molecule has 8 heteroatoms. The molecule has 0 atom stereocenters. The van der Waals surface area contributed by atoms with Crippen LogP contribution in [0.5, 0.6) is 0 Å². The van der Waals surface area contributed by atoms with Crippen molar-refractivity contribution in [2.24, 2.45) is 0 Å². The molecule has 1 aromatic heterocycles. The van der Waals surface area contributed by atoms with Crippen molar-refractivity contribution in [2.45, 2.75) is 19.8 Å². The van der Waals surface area contributed by atoms with E-state index in [0.717, 1.165) is 29.6 Å². The molecule has 3 N–H and O–H groups in total. The Morgan fingerprint density at radius 1 is 1.15 bits per heavy atom. The number of H-pyrrole nitrogens is 1. The van der Waals surface area contributed by atoms with Crippen LogP contribution < -0.4 is 10.6 Å². The molecule has 2 aromatic carbocycles. The third kappa shape index (κ3) is 5.34. The number of aromatic nitrogens is 3. The number of amides is 2. The summed E-state index contributed by atoms with van der Waals surface area (Å²) in [6.07, 6.45) is 1.05. The van der Waals surface area contributed by atoms with Crippen LogP contribution >= 0.6 is 0 Å². The highest BCUT2D eigenvalue weighted by molar-refractivity contribution is 5.89. The van der Waals surface area contributed by atoms with E-state index in [1.54, 1.807) is 0 Å². The van der Waals surface area contributed by atoms with Crippen LogP contribution in [-0.4, -0.2) is 27.8 Å². The maximum atomic E-state index is 13.5. The molecule has 27 heavy (non-hydrogen) atoms. The Bertz CT molecular complexity index is 924. The monoisotopic (exact) mass is 371 g/mol. The SMILES string of the molecule is Cc1ccc(Cc2nc(CCNC(=O)Nc3cc(F)ccc3F)n[nH]2)cc1. The van der Waals surface area contributed by atoms with Crippen LogP contribution in [0.1, 0.15) is 22.8 Å². The number of rotatable bonds is 6. The predicted molar refractivity (Wildman–Crippen MR) is 97.5 cm³/mol. The maximum Gasteiger partial charge on any atom is 0.319 e. The zero-order valence-corrected chi connectivity index (χ0v) is 14.7. The number of halogens is 2. The van der Waals surface area contributed by atoms with E-state index in [9.17, 15) is 13.6 Å². The largest absolute Gasteiger partial charge is 0.337 e. The van der Waals surface area contributed by atoms with Crippen molar-refractivity contribution in [2.75, 3.05) is 11.9 Å². The van der Waals surface area contributed by atoms with E-state index in [2.05, 4.69) is 25.8 Å². The Hall–Kier alpha value is -3.29. The number of carbonyl (C=O) groups is 1. The lowest BCUT2D eigenvalue weighted by atomic mass is 10.1. The molecular weight excluding hydrogens is 352 g/mol. The second-order valence-corrected chi connectivity index (χ2v) is 6.12. The second kappa shape index (κ2) is 8.39. The first-order valence-corrected chi connectivity index (χ1v) is 8.45. The second-order valence-electron chi connectivity index (χ2n) is 6.12. The summed E-state index contributed by atoms with van der Waals surface area (Å²) in [5, 5.41) is 11.8. The van der Waals surface area contributed by atoms with Gasteiger partial charge in [0.25, 0.3) is 0 Å². The Morgan fingerprint density at radius 2 is 1.93 bits per heavy atom. The molecule has 6 nitrogen and oxygen atoms in total. The molecule has 0 aliphatic carbocycles. The highest BCUT2D eigenvalue weighted by atomic mass is 19.1. The molecule has 0 aliphatic heterocycles. The molecule has 0 unspecified atom stereocenters. The molecule has 3 rings (SSSR count). The molecule has 2 amide bonds. The normalized spacial score (nSPS) is 10.6. The number of aryl methyl sites for hydroxylation is 1. The Balaban J connectivity index is 1.46. The molecule has 0 radical (unpaired) electrons. The van der Waals surface area contributed by atoms with Crippen LogP contribution in [0, 0.1) is 18.6 Å². The number of nitrogens with zero attached hydrogens (tertiary/aromatic N) is 2. The van der Waals surface area contributed by atoms with Crippen LogP contribution in [0.4, 0.5) is 19.3 Å². The topological polar surface area (TPSA) is 82.7 Å². The van der Waals surface area contributed by atoms with Crippen molar-refractivity contribution in [1.82, 2.24) is 20.5 Å². The van der Waals surface area contributed by atoms with Gasteiger partial charge in [-0.05, 0) is 24.6 Å². The molecule has 0 aliphatic rings. The van der Waals surface area contributed by atoms with Crippen LogP contribution in [0.2, 0.25) is 0 Å². The van der Waals surface area contributed by atoms with Gasteiger partial charge in [0.15, 0.2) is 5.82 Å². The third-order valence-electron chi connectivity index (χ3n) is 3.88. The fourth-order valence-electron chi connectivity index (χ4n) is 2.47. The predicted octanol–water partition coefficient (Wildman–Crippen LogP) is 3.35. The average Bonchev–Trinajstić information content (AvgIpc) is 3.07. The van der Waals surface area contributed by atoms with Gasteiger partial charge in [0, 0.05) is 25.5 Å². The maximum absolute atomic E-state index is 13.5. The minimum absolute atomic E-state index is 0.217. The van der Waals surface area contributed by atoms with E-state index in [1.165, 1.54) is 5.56 Å². The first-order chi connectivity index (χ1) is 13.0. The highest BCUT2D eigenvalue weighted by Crippen LogP contribution is 2.14. The molecular formula is C19H19F2N5O. The standard InChI is InChI=1S/C19H19F2N5O/c1-12-2-4-13(5-3-12)10-18-24-17(25-26-18)8-9-22-19(27)23-16-11-14(20)6-7-15(16)21/h2-7,11H,8-10H2,1H3,(H2,22,23,27)(H,24,25,26). The summed E-state index contributed by atoms with van der Waals surface area (Å²) in [6, 6.07) is 10.4. The van der Waals surface area contributed by atoms with E-state index in [0.29, 0.717) is 18.7 Å². The van der Waals surface area contributed by atoms with Gasteiger partial charge in [0.2, 0.25) is 0 Å². The molecule has 0 spiro atoms. The van der Waals surface area contributed by atoms with Gasteiger partial charge in [-0.2, -0.15) is 5.10 Å². The van der Waals surface area contributed by atoms with Crippen LogP contribution in [0.25, 0.3) is 0 Å². The Morgan fingerprint density at radius 3 is 2.70 bits per heavy atom. The van der Waals surface area contributed by atoms with Crippen molar-refractivity contribution in [3.05, 3.63) is 76.9 Å². The Kier molecular flexibility index (Phi) is 5.75. The number of aromatic amines is 1. The van der Waals surface area contributed by atoms with Gasteiger partial charge in [-0.25, -0.2) is 18.6 Å². The van der Waals surface area contributed by atoms with E-state index < -0.39 is 17.7 Å². The number of benzene rings is 2. The zero-order valence-electron chi connectivity index (χ0n) is 14.7. The number of anilines is 1. The average molecular weight is 371 g/mol. The molecule has 0 saturated carbocycles. The van der Waals surface area contributed by atoms with Crippen molar-refractivity contribution in [3.8, 4) is 0 Å². The summed E-state index contributed by atoms with van der Waals surface area (Å²) in [5.41, 5.74) is 2.10. The lowest BCUT2D eigenvalue weighted by Gasteiger charge is -2.07. The van der Waals surface area contributed by atoms with Gasteiger partial charge in [-0.3, -0.25) is 5.10 Å². The summed E-state index contributed by atoms with van der Waals surface area (Å²) >= 11 is 0. The quantitative estimate of drug-likeness (QED) is 0.621. The molecule has 3 aromatic rings. The van der Waals surface area contributed by atoms with Crippen LogP contribution in [0.3, 0.4) is 0 Å². The first-order valence-electron chi connectivity index (χ1n) is 8.45. The third-order valence-corrected chi connectivity index (χ3v) is 3.88. The lowest BCUT2D eigenvalue weighted by molar-refractivity contribution is 0.252. The zero-order chi connectivity index (χ0) is 19.2. The van der Waals surface area contributed by atoms with Crippen molar-refractivity contribution < 1.29 is 13.6 Å². The van der Waals surface area contributed by atoms with Gasteiger partial charge in [0.05, 0.1) is 5.69 Å². The van der Waals surface area contributed by atoms with Gasteiger partial charge in [-0.1, -0.05) is 29.8 Å². The fraction of sp³-hybridized carbons (Fsp3) is 0.211. The minimum atomic E-state index is -0.707. The van der Waals surface area contributed by atoms with E-state index in [-0.39, 0.29) is 12.2 Å². The molecule has 140 valence electrons. The van der Waals surface area contributed by atoms with Crippen LogP contribution in [-0.2, 0) is 12.8 Å². The first kappa shape index (κ1) is 18.5. The summed E-state index contributed by atoms with van der Waals surface area (Å²) in [4.78, 5) is 16.2. The van der Waals surface area contributed by atoms with Gasteiger partial charge in [0.1, 0.15) is 17.5 Å². The van der Waals surface area contributed by atoms with E-state index in [4.69, 9.17) is 0 Å². The van der Waals surface area contributed by atoms with Crippen LogP contribution in [0.15, 0.2) is 42.5 Å². The number of urea groups is 1. The molecule has 0 fully saturated rings. The van der Waals surface area contributed by atoms with Crippen molar-refractivity contribution in [3.63, 3.8) is 0 Å². The smallest absolute Gasteiger partial charge is 0.319 e. The molecule has 0 bridgehead atoms. The lowest BCUT2D eigenvalue weighted by Crippen LogP contribution is -2.31. The fourth-order valence-corrected chi connectivity index (χ4v) is 2.47. The van der Waals surface area contributed by atoms with E-state index in [1.807, 2.05) is 31.2 Å². The Labute approximate surface area is 155 Å². The summed E-state index contributed by atoms with van der Waals surface area (Å²) in [5.74, 6) is -0.0377. The van der Waals surface area contributed by atoms with Crippen molar-refractivity contribution >= 4 is 11.7 Å². The number of hydrogen-bond donors (Lipinski definition) is 3. The summed E-state index contributed by atoms with van der Waals surface area (Å²) in [7, 11) is 0. The summed E-state index contributed by atoms with van der Waals surface area (Å²) < 4.78 is 26.6. The highest BCUT2D eigenvalue weighted by Gasteiger charge is 2.09. The summed E-state index contributed by atoms with van der Waals surface area (Å²) in [6.45, 7) is 2.28. The van der Waals surface area contributed by atoms with Gasteiger partial charge < -0.3 is 10.6 Å². The number of hydrogen-bond acceptors (Lipinski definition) is 3. The number of carbonyl (C=O) groups excluding carboxylic acids is 1. The minimum Gasteiger partial charge on any atom is -0.337 e. The van der Waals surface area contributed by atoms with Gasteiger partial charge >= 0.3 is 6.03 Å². The number of nitrogens with one attached hydrogen (secondary N) is 3. The van der Waals surface area contributed by atoms with E-state index >= 15 is 0 Å². The molecule has 0 saturated heterocycles. The molecule has 1 heterocycles.